The van der Waals surface area contributed by atoms with Crippen molar-refractivity contribution in [3.05, 3.63) is 22.6 Å². The molecular weight excluding hydrogens is 354 g/mol. The van der Waals surface area contributed by atoms with Gasteiger partial charge in [0, 0.05) is 0 Å². The van der Waals surface area contributed by atoms with Crippen LogP contribution >= 0.6 is 0 Å². The second-order valence-corrected chi connectivity index (χ2v) is 7.35. The van der Waals surface area contributed by atoms with Gasteiger partial charge in [-0.3, -0.25) is 0 Å². The molecule has 27 heavy (non-hydrogen) atoms. The summed E-state index contributed by atoms with van der Waals surface area (Å²) in [6.45, 7) is 10.9. The van der Waals surface area contributed by atoms with Gasteiger partial charge >= 0.3 is 5.82 Å². The summed E-state index contributed by atoms with van der Waals surface area (Å²) in [6.07, 6.45) is 3.41. The summed E-state index contributed by atoms with van der Waals surface area (Å²) < 4.78 is 1.50. The third-order valence-corrected chi connectivity index (χ3v) is 4.52. The summed E-state index contributed by atoms with van der Waals surface area (Å²) in [4.78, 5) is 13.8. The third kappa shape index (κ3) is 6.61. The Kier molecular flexibility index (Phi) is 7.85. The first-order valence-corrected chi connectivity index (χ1v) is 8.60. The zero-order chi connectivity index (χ0) is 20.7. The molecule has 152 valence electrons. The highest BCUT2D eigenvalue weighted by Crippen LogP contribution is 2.11. The highest BCUT2D eigenvalue weighted by Gasteiger charge is 2.26. The fourth-order valence-electron chi connectivity index (χ4n) is 2.30. The smallest absolute Gasteiger partial charge is 0.381 e. The van der Waals surface area contributed by atoms with Gasteiger partial charge in [0.25, 0.3) is 0 Å². The Labute approximate surface area is 158 Å². The maximum Gasteiger partial charge on any atom is 0.381 e. The van der Waals surface area contributed by atoms with Crippen LogP contribution in [0, 0.1) is 10.1 Å². The van der Waals surface area contributed by atoms with Gasteiger partial charge < -0.3 is 35.7 Å². The van der Waals surface area contributed by atoms with E-state index in [0.717, 1.165) is 6.42 Å². The van der Waals surface area contributed by atoms with Gasteiger partial charge in [0.15, 0.2) is 0 Å². The monoisotopic (exact) mass is 383 g/mol. The van der Waals surface area contributed by atoms with Gasteiger partial charge in [-0.05, 0) is 64.0 Å². The molecule has 0 unspecified atom stereocenters. The molecular formula is C16H29N7O4. The van der Waals surface area contributed by atoms with Crippen molar-refractivity contribution in [2.45, 2.75) is 58.7 Å². The average Bonchev–Trinajstić information content (AvgIpc) is 3.07. The fraction of sp³-hybridized carbons (Fsp3) is 0.688. The predicted molar refractivity (Wildman–Crippen MR) is 102 cm³/mol. The SMILES string of the molecule is C/C(=N\O)C(C)(C)NCCCNC(C)(C)/C(Cn1cnc([N+](=O)[O-])c1)=N/O. The molecule has 1 heterocycles. The van der Waals surface area contributed by atoms with Crippen molar-refractivity contribution in [1.82, 2.24) is 20.2 Å². The second-order valence-electron chi connectivity index (χ2n) is 7.35. The van der Waals surface area contributed by atoms with Gasteiger partial charge in [-0.1, -0.05) is 10.3 Å². The van der Waals surface area contributed by atoms with Crippen LogP contribution in [-0.2, 0) is 6.54 Å². The summed E-state index contributed by atoms with van der Waals surface area (Å²) in [5.74, 6) is -0.256. The number of oxime groups is 2. The number of rotatable bonds is 11. The Morgan fingerprint density at radius 3 is 2.30 bits per heavy atom. The molecule has 0 saturated heterocycles. The normalized spacial score (nSPS) is 13.8. The van der Waals surface area contributed by atoms with Crippen LogP contribution in [0.15, 0.2) is 22.8 Å². The van der Waals surface area contributed by atoms with E-state index in [2.05, 4.69) is 25.9 Å². The lowest BCUT2D eigenvalue weighted by molar-refractivity contribution is -0.389. The molecule has 1 aromatic heterocycles. The number of nitrogens with zero attached hydrogens (tertiary/aromatic N) is 5. The lowest BCUT2D eigenvalue weighted by atomic mass is 9.97. The van der Waals surface area contributed by atoms with E-state index in [1.54, 1.807) is 6.92 Å². The maximum absolute atomic E-state index is 10.7. The maximum atomic E-state index is 10.7. The zero-order valence-corrected chi connectivity index (χ0v) is 16.4. The quantitative estimate of drug-likeness (QED) is 0.149. The van der Waals surface area contributed by atoms with Crippen molar-refractivity contribution in [1.29, 1.82) is 0 Å². The van der Waals surface area contributed by atoms with Gasteiger partial charge in [0.2, 0.25) is 6.33 Å². The van der Waals surface area contributed by atoms with Gasteiger partial charge in [0.05, 0.1) is 29.0 Å². The van der Waals surface area contributed by atoms with Crippen molar-refractivity contribution in [2.75, 3.05) is 13.1 Å². The van der Waals surface area contributed by atoms with Crippen LogP contribution in [-0.4, -0.2) is 60.5 Å². The van der Waals surface area contributed by atoms with Crippen molar-refractivity contribution in [3.8, 4) is 0 Å². The molecule has 0 bridgehead atoms. The Balaban J connectivity index is 2.53. The van der Waals surface area contributed by atoms with E-state index < -0.39 is 16.0 Å². The zero-order valence-electron chi connectivity index (χ0n) is 16.4. The molecule has 0 saturated carbocycles. The predicted octanol–water partition coefficient (Wildman–Crippen LogP) is 1.60. The Morgan fingerprint density at radius 1 is 1.22 bits per heavy atom. The van der Waals surface area contributed by atoms with Crippen molar-refractivity contribution in [3.63, 3.8) is 0 Å². The number of aromatic nitrogens is 2. The lowest BCUT2D eigenvalue weighted by Gasteiger charge is -2.28. The Hall–Kier alpha value is -2.53. The minimum atomic E-state index is -0.619. The first kappa shape index (κ1) is 22.5. The van der Waals surface area contributed by atoms with E-state index >= 15 is 0 Å². The standard InChI is InChI=1S/C16H29N7O4/c1-12(20-24)15(2,3)18-7-6-8-19-16(4,5)13(21-25)9-22-10-14(17-11-22)23(26)27/h10-11,18-19,24-25H,6-9H2,1-5H3/b20-12+,21-13+. The van der Waals surface area contributed by atoms with Crippen LogP contribution in [0.2, 0.25) is 0 Å². The number of hydrogen-bond acceptors (Lipinski definition) is 9. The molecule has 0 atom stereocenters. The molecule has 0 fully saturated rings. The lowest BCUT2D eigenvalue weighted by Crippen LogP contribution is -2.50. The summed E-state index contributed by atoms with van der Waals surface area (Å²) in [5, 5.41) is 42.2. The molecule has 0 aromatic carbocycles. The minimum absolute atomic E-state index is 0.175. The Bertz CT molecular complexity index is 695. The Morgan fingerprint density at radius 2 is 1.81 bits per heavy atom. The van der Waals surface area contributed by atoms with E-state index in [9.17, 15) is 15.3 Å². The molecule has 0 aliphatic rings. The summed E-state index contributed by atoms with van der Waals surface area (Å²) in [6, 6.07) is 0. The molecule has 0 spiro atoms. The largest absolute Gasteiger partial charge is 0.411 e. The number of imidazole rings is 1. The summed E-state index contributed by atoms with van der Waals surface area (Å²) >= 11 is 0. The van der Waals surface area contributed by atoms with Crippen LogP contribution < -0.4 is 10.6 Å². The topological polar surface area (TPSA) is 150 Å². The molecule has 11 heteroatoms. The second kappa shape index (κ2) is 9.42. The van der Waals surface area contributed by atoms with E-state index in [1.807, 2.05) is 27.7 Å². The highest BCUT2D eigenvalue weighted by molar-refractivity contribution is 5.92. The molecule has 1 rings (SSSR count). The van der Waals surface area contributed by atoms with Crippen LogP contribution in [0.25, 0.3) is 0 Å². The summed E-state index contributed by atoms with van der Waals surface area (Å²) in [5.41, 5.74) is -0.00421. The van der Waals surface area contributed by atoms with Crippen molar-refractivity contribution < 1.29 is 15.3 Å². The van der Waals surface area contributed by atoms with E-state index in [0.29, 0.717) is 24.5 Å². The van der Waals surface area contributed by atoms with E-state index in [1.165, 1.54) is 17.1 Å². The van der Waals surface area contributed by atoms with Crippen LogP contribution in [0.1, 0.15) is 41.0 Å². The number of nitro groups is 1. The van der Waals surface area contributed by atoms with E-state index in [4.69, 9.17) is 5.21 Å². The number of hydrogen-bond donors (Lipinski definition) is 4. The molecule has 1 aromatic rings. The van der Waals surface area contributed by atoms with Gasteiger partial charge in [-0.25, -0.2) is 0 Å². The van der Waals surface area contributed by atoms with Crippen LogP contribution in [0.3, 0.4) is 0 Å². The average molecular weight is 383 g/mol. The van der Waals surface area contributed by atoms with Crippen LogP contribution in [0.4, 0.5) is 5.82 Å². The molecule has 0 radical (unpaired) electrons. The van der Waals surface area contributed by atoms with Gasteiger partial charge in [0.1, 0.15) is 6.20 Å². The summed E-state index contributed by atoms with van der Waals surface area (Å²) in [7, 11) is 0. The molecule has 11 nitrogen and oxygen atoms in total. The highest BCUT2D eigenvalue weighted by atomic mass is 16.6. The van der Waals surface area contributed by atoms with Crippen molar-refractivity contribution in [2.24, 2.45) is 10.3 Å². The molecule has 0 aliphatic carbocycles. The molecule has 0 aliphatic heterocycles. The van der Waals surface area contributed by atoms with Gasteiger partial charge in [-0.2, -0.15) is 0 Å². The van der Waals surface area contributed by atoms with E-state index in [-0.39, 0.29) is 12.4 Å². The van der Waals surface area contributed by atoms with Crippen LogP contribution in [0.5, 0.6) is 0 Å². The third-order valence-electron chi connectivity index (χ3n) is 4.52. The van der Waals surface area contributed by atoms with Crippen molar-refractivity contribution >= 4 is 17.2 Å². The molecule has 0 amide bonds. The van der Waals surface area contributed by atoms with Gasteiger partial charge in [-0.15, -0.1) is 0 Å². The first-order valence-electron chi connectivity index (χ1n) is 8.60. The minimum Gasteiger partial charge on any atom is -0.411 e. The fourth-order valence-corrected chi connectivity index (χ4v) is 2.30. The first-order chi connectivity index (χ1) is 12.5. The number of nitrogens with one attached hydrogen (secondary N) is 2. The molecule has 4 N–H and O–H groups in total.